The van der Waals surface area contributed by atoms with Gasteiger partial charge in [-0.25, -0.2) is 0 Å². The van der Waals surface area contributed by atoms with Crippen LogP contribution in [-0.2, 0) is 4.74 Å². The van der Waals surface area contributed by atoms with Crippen LogP contribution in [0.3, 0.4) is 0 Å². The Morgan fingerprint density at radius 2 is 1.83 bits per heavy atom. The highest BCUT2D eigenvalue weighted by molar-refractivity contribution is 5.16. The zero-order chi connectivity index (χ0) is 17.8. The topological polar surface area (TPSA) is 69.9 Å². The van der Waals surface area contributed by atoms with E-state index in [4.69, 9.17) is 4.74 Å². The molecular weight excluding hydrogens is 304 g/mol. The van der Waals surface area contributed by atoms with Crippen LogP contribution in [0.4, 0.5) is 0 Å². The summed E-state index contributed by atoms with van der Waals surface area (Å²) in [5.41, 5.74) is -1.43. The van der Waals surface area contributed by atoms with Gasteiger partial charge in [0.25, 0.3) is 0 Å². The molecule has 3 N–H and O–H groups in total. The second-order valence-electron chi connectivity index (χ2n) is 9.35. The summed E-state index contributed by atoms with van der Waals surface area (Å²) in [4.78, 5) is 0. The van der Waals surface area contributed by atoms with E-state index in [0.29, 0.717) is 12.3 Å². The lowest BCUT2D eigenvalue weighted by atomic mass is 9.43. The molecule has 0 spiro atoms. The summed E-state index contributed by atoms with van der Waals surface area (Å²) in [5, 5.41) is 31.0. The number of hydrogen-bond donors (Lipinski definition) is 3. The molecule has 4 heteroatoms. The Bertz CT molecular complexity index is 508. The molecule has 0 aromatic carbocycles. The lowest BCUT2D eigenvalue weighted by Gasteiger charge is -2.66. The standard InChI is InChI=1S/C20H34O4/c1-5-20(13-22)10-7-15-18(3)9-6-8-17(2,12-21)16(18)14(23)11-19(15,4)24-20/h5,14-16,21-23H,1,6-13H2,2-4H3/t14-,15+,16-,17-,18+,19+,20-/m1/s1. The molecule has 0 radical (unpaired) electrons. The number of hydrogen-bond acceptors (Lipinski definition) is 4. The molecule has 138 valence electrons. The van der Waals surface area contributed by atoms with Crippen molar-refractivity contribution < 1.29 is 20.1 Å². The Morgan fingerprint density at radius 3 is 2.42 bits per heavy atom. The van der Waals surface area contributed by atoms with Gasteiger partial charge >= 0.3 is 0 Å². The van der Waals surface area contributed by atoms with E-state index >= 15 is 0 Å². The van der Waals surface area contributed by atoms with Gasteiger partial charge in [-0.3, -0.25) is 0 Å². The minimum Gasteiger partial charge on any atom is -0.396 e. The number of ether oxygens (including phenoxy) is 1. The van der Waals surface area contributed by atoms with Crippen molar-refractivity contribution in [3.63, 3.8) is 0 Å². The van der Waals surface area contributed by atoms with Crippen LogP contribution in [0.25, 0.3) is 0 Å². The summed E-state index contributed by atoms with van der Waals surface area (Å²) in [6.07, 6.45) is 6.64. The maximum Gasteiger partial charge on any atom is 0.110 e. The van der Waals surface area contributed by atoms with Gasteiger partial charge in [0.1, 0.15) is 5.60 Å². The fourth-order valence-corrected chi connectivity index (χ4v) is 6.80. The second-order valence-corrected chi connectivity index (χ2v) is 9.35. The van der Waals surface area contributed by atoms with Crippen LogP contribution >= 0.6 is 0 Å². The largest absolute Gasteiger partial charge is 0.396 e. The molecule has 3 aliphatic rings. The van der Waals surface area contributed by atoms with Gasteiger partial charge in [0.05, 0.1) is 18.3 Å². The third-order valence-electron chi connectivity index (χ3n) is 7.75. The fraction of sp³-hybridized carbons (Fsp3) is 0.900. The Kier molecular flexibility index (Phi) is 4.44. The van der Waals surface area contributed by atoms with Crippen LogP contribution in [-0.4, -0.2) is 45.8 Å². The van der Waals surface area contributed by atoms with Gasteiger partial charge < -0.3 is 20.1 Å². The number of fused-ring (bicyclic) bond motifs is 3. The summed E-state index contributed by atoms with van der Waals surface area (Å²) in [7, 11) is 0. The van der Waals surface area contributed by atoms with Crippen LogP contribution in [0.1, 0.15) is 59.3 Å². The Morgan fingerprint density at radius 1 is 1.12 bits per heavy atom. The Balaban J connectivity index is 2.00. The SMILES string of the molecule is C=C[C@]1(CO)CC[C@H]2[C@]3(C)CCC[C@](C)(CO)[C@H]3[C@H](O)C[C@]2(C)O1. The molecule has 0 aromatic heterocycles. The van der Waals surface area contributed by atoms with E-state index in [1.54, 1.807) is 6.08 Å². The first-order chi connectivity index (χ1) is 11.2. The lowest BCUT2D eigenvalue weighted by Crippen LogP contribution is -2.68. The van der Waals surface area contributed by atoms with Gasteiger partial charge in [-0.2, -0.15) is 0 Å². The second kappa shape index (κ2) is 5.80. The van der Waals surface area contributed by atoms with E-state index in [1.807, 2.05) is 0 Å². The summed E-state index contributed by atoms with van der Waals surface area (Å²) in [6.45, 7) is 10.5. The van der Waals surface area contributed by atoms with Crippen molar-refractivity contribution in [2.45, 2.75) is 76.6 Å². The molecule has 2 saturated carbocycles. The maximum atomic E-state index is 11.1. The average Bonchev–Trinajstić information content (AvgIpc) is 2.53. The van der Waals surface area contributed by atoms with Crippen molar-refractivity contribution in [1.82, 2.24) is 0 Å². The zero-order valence-corrected chi connectivity index (χ0v) is 15.4. The first kappa shape index (κ1) is 18.4. The van der Waals surface area contributed by atoms with E-state index in [1.165, 1.54) is 0 Å². The van der Waals surface area contributed by atoms with E-state index in [9.17, 15) is 15.3 Å². The minimum absolute atomic E-state index is 0.0507. The molecule has 4 nitrogen and oxygen atoms in total. The first-order valence-corrected chi connectivity index (χ1v) is 9.42. The molecule has 0 aromatic rings. The van der Waals surface area contributed by atoms with Gasteiger partial charge in [0.15, 0.2) is 0 Å². The number of aliphatic hydroxyl groups excluding tert-OH is 3. The highest BCUT2D eigenvalue weighted by atomic mass is 16.5. The van der Waals surface area contributed by atoms with Gasteiger partial charge in [0.2, 0.25) is 0 Å². The Labute approximate surface area is 145 Å². The molecule has 3 rings (SSSR count). The minimum atomic E-state index is -0.691. The maximum absolute atomic E-state index is 11.1. The highest BCUT2D eigenvalue weighted by Gasteiger charge is 2.65. The third kappa shape index (κ3) is 2.41. The van der Waals surface area contributed by atoms with Crippen molar-refractivity contribution in [3.05, 3.63) is 12.7 Å². The van der Waals surface area contributed by atoms with Crippen LogP contribution < -0.4 is 0 Å². The van der Waals surface area contributed by atoms with E-state index < -0.39 is 17.3 Å². The van der Waals surface area contributed by atoms with Crippen molar-refractivity contribution in [1.29, 1.82) is 0 Å². The quantitative estimate of drug-likeness (QED) is 0.692. The highest BCUT2D eigenvalue weighted by Crippen LogP contribution is 2.65. The molecule has 1 saturated heterocycles. The molecule has 0 bridgehead atoms. The molecular formula is C20H34O4. The van der Waals surface area contributed by atoms with Crippen molar-refractivity contribution in [2.24, 2.45) is 22.7 Å². The molecule has 0 unspecified atom stereocenters. The summed E-state index contributed by atoms with van der Waals surface area (Å²) >= 11 is 0. The van der Waals surface area contributed by atoms with E-state index in [2.05, 4.69) is 27.4 Å². The smallest absolute Gasteiger partial charge is 0.110 e. The van der Waals surface area contributed by atoms with Crippen LogP contribution in [0, 0.1) is 22.7 Å². The fourth-order valence-electron chi connectivity index (χ4n) is 6.80. The molecule has 24 heavy (non-hydrogen) atoms. The molecule has 2 aliphatic carbocycles. The number of rotatable bonds is 3. The van der Waals surface area contributed by atoms with Crippen LogP contribution in [0.2, 0.25) is 0 Å². The van der Waals surface area contributed by atoms with E-state index in [0.717, 1.165) is 32.1 Å². The molecule has 1 heterocycles. The van der Waals surface area contributed by atoms with Gasteiger partial charge in [-0.05, 0) is 55.3 Å². The van der Waals surface area contributed by atoms with Crippen molar-refractivity contribution >= 4 is 0 Å². The molecule has 7 atom stereocenters. The van der Waals surface area contributed by atoms with Crippen molar-refractivity contribution in [3.8, 4) is 0 Å². The van der Waals surface area contributed by atoms with Gasteiger partial charge in [0, 0.05) is 13.0 Å². The third-order valence-corrected chi connectivity index (χ3v) is 7.75. The van der Waals surface area contributed by atoms with Crippen molar-refractivity contribution in [2.75, 3.05) is 13.2 Å². The predicted octanol–water partition coefficient (Wildman–Crippen LogP) is 2.66. The van der Waals surface area contributed by atoms with Gasteiger partial charge in [-0.15, -0.1) is 6.58 Å². The van der Waals surface area contributed by atoms with E-state index in [-0.39, 0.29) is 30.0 Å². The van der Waals surface area contributed by atoms with Crippen LogP contribution in [0.15, 0.2) is 12.7 Å². The molecule has 0 amide bonds. The lowest BCUT2D eigenvalue weighted by molar-refractivity contribution is -0.288. The first-order valence-electron chi connectivity index (χ1n) is 9.42. The summed E-state index contributed by atoms with van der Waals surface area (Å²) in [6, 6.07) is 0. The van der Waals surface area contributed by atoms with Crippen LogP contribution in [0.5, 0.6) is 0 Å². The van der Waals surface area contributed by atoms with Gasteiger partial charge in [-0.1, -0.05) is 26.3 Å². The molecule has 3 fully saturated rings. The zero-order valence-electron chi connectivity index (χ0n) is 15.4. The summed E-state index contributed by atoms with van der Waals surface area (Å²) < 4.78 is 6.46. The Hall–Kier alpha value is -0.420. The summed E-state index contributed by atoms with van der Waals surface area (Å²) in [5.74, 6) is 0.417. The predicted molar refractivity (Wildman–Crippen MR) is 93.5 cm³/mol. The average molecular weight is 338 g/mol. The number of aliphatic hydroxyl groups is 3. The monoisotopic (exact) mass is 338 g/mol. The normalized spacial score (nSPS) is 54.7. The molecule has 1 aliphatic heterocycles.